The van der Waals surface area contributed by atoms with E-state index in [1.165, 1.54) is 16.4 Å². The summed E-state index contributed by atoms with van der Waals surface area (Å²) in [5, 5.41) is 9.83. The second kappa shape index (κ2) is 5.65. The number of thioether (sulfide) groups is 1. The third-order valence-electron chi connectivity index (χ3n) is 2.12. The lowest BCUT2D eigenvalue weighted by molar-refractivity contribution is 0.851. The molecule has 0 atom stereocenters. The molecule has 18 heavy (non-hydrogen) atoms. The number of hydrogen-bond donors (Lipinski definition) is 1. The van der Waals surface area contributed by atoms with Crippen LogP contribution in [0.5, 0.6) is 0 Å². The topological polar surface area (TPSA) is 56.7 Å². The SMILES string of the molecule is C=C(Cl)CSc1nnc(-c2ccc(Cl)cc2)n1N. The minimum absolute atomic E-state index is 0.538. The fourth-order valence-corrected chi connectivity index (χ4v) is 2.21. The molecule has 0 unspecified atom stereocenters. The summed E-state index contributed by atoms with van der Waals surface area (Å²) in [6.45, 7) is 3.61. The van der Waals surface area contributed by atoms with Crippen molar-refractivity contribution in [2.75, 3.05) is 11.6 Å². The van der Waals surface area contributed by atoms with E-state index in [-0.39, 0.29) is 0 Å². The van der Waals surface area contributed by atoms with Crippen molar-refractivity contribution < 1.29 is 0 Å². The van der Waals surface area contributed by atoms with Gasteiger partial charge in [0.15, 0.2) is 5.82 Å². The summed E-state index contributed by atoms with van der Waals surface area (Å²) in [7, 11) is 0. The minimum atomic E-state index is 0.538. The lowest BCUT2D eigenvalue weighted by atomic mass is 10.2. The van der Waals surface area contributed by atoms with Crippen molar-refractivity contribution >= 4 is 35.0 Å². The molecule has 2 N–H and O–H groups in total. The van der Waals surface area contributed by atoms with Gasteiger partial charge in [0.2, 0.25) is 5.16 Å². The van der Waals surface area contributed by atoms with Crippen molar-refractivity contribution in [2.45, 2.75) is 5.16 Å². The van der Waals surface area contributed by atoms with Crippen LogP contribution in [0.1, 0.15) is 0 Å². The van der Waals surface area contributed by atoms with E-state index in [2.05, 4.69) is 16.8 Å². The Balaban J connectivity index is 2.25. The molecule has 4 nitrogen and oxygen atoms in total. The van der Waals surface area contributed by atoms with Gasteiger partial charge in [0.1, 0.15) is 0 Å². The second-order valence-electron chi connectivity index (χ2n) is 3.49. The van der Waals surface area contributed by atoms with Gasteiger partial charge in [0.25, 0.3) is 0 Å². The molecule has 0 aliphatic rings. The average molecular weight is 301 g/mol. The maximum Gasteiger partial charge on any atom is 0.210 e. The van der Waals surface area contributed by atoms with Gasteiger partial charge in [-0.3, -0.25) is 0 Å². The average Bonchev–Trinajstić information content (AvgIpc) is 2.69. The molecule has 0 saturated heterocycles. The molecule has 0 fully saturated rings. The molecule has 1 heterocycles. The summed E-state index contributed by atoms with van der Waals surface area (Å²) < 4.78 is 1.42. The van der Waals surface area contributed by atoms with E-state index in [4.69, 9.17) is 29.0 Å². The smallest absolute Gasteiger partial charge is 0.210 e. The van der Waals surface area contributed by atoms with E-state index < -0.39 is 0 Å². The summed E-state index contributed by atoms with van der Waals surface area (Å²) in [5.41, 5.74) is 0.853. The zero-order valence-electron chi connectivity index (χ0n) is 9.31. The van der Waals surface area contributed by atoms with Crippen molar-refractivity contribution in [3.8, 4) is 11.4 Å². The van der Waals surface area contributed by atoms with Crippen LogP contribution in [0, 0.1) is 0 Å². The van der Waals surface area contributed by atoms with Gasteiger partial charge < -0.3 is 5.84 Å². The molecule has 94 valence electrons. The number of benzene rings is 1. The van der Waals surface area contributed by atoms with Crippen LogP contribution in [-0.2, 0) is 0 Å². The van der Waals surface area contributed by atoms with Crippen LogP contribution in [-0.4, -0.2) is 20.6 Å². The lowest BCUT2D eigenvalue weighted by Gasteiger charge is -2.03. The molecule has 0 saturated carbocycles. The Hall–Kier alpha value is -1.17. The summed E-state index contributed by atoms with van der Waals surface area (Å²) in [4.78, 5) is 0. The van der Waals surface area contributed by atoms with Gasteiger partial charge in [-0.1, -0.05) is 41.5 Å². The van der Waals surface area contributed by atoms with Crippen LogP contribution in [0.25, 0.3) is 11.4 Å². The monoisotopic (exact) mass is 300 g/mol. The maximum absolute atomic E-state index is 5.92. The molecule has 1 aromatic carbocycles. The van der Waals surface area contributed by atoms with Gasteiger partial charge in [0.05, 0.1) is 0 Å². The first kappa shape index (κ1) is 13.3. The van der Waals surface area contributed by atoms with Crippen LogP contribution in [0.15, 0.2) is 41.0 Å². The van der Waals surface area contributed by atoms with Crippen molar-refractivity contribution in [3.05, 3.63) is 40.9 Å². The van der Waals surface area contributed by atoms with Crippen LogP contribution in [0.3, 0.4) is 0 Å². The Kier molecular flexibility index (Phi) is 4.16. The highest BCUT2D eigenvalue weighted by molar-refractivity contribution is 7.99. The van der Waals surface area contributed by atoms with Gasteiger partial charge in [0, 0.05) is 21.4 Å². The standard InChI is InChI=1S/C11H10Cl2N4S/c1-7(12)6-18-11-16-15-10(17(11)14)8-2-4-9(13)5-3-8/h2-5H,1,6,14H2. The van der Waals surface area contributed by atoms with Gasteiger partial charge in [-0.15, -0.1) is 10.2 Å². The highest BCUT2D eigenvalue weighted by atomic mass is 35.5. The Morgan fingerprint density at radius 3 is 2.61 bits per heavy atom. The maximum atomic E-state index is 5.92. The Morgan fingerprint density at radius 2 is 2.00 bits per heavy atom. The number of hydrogen-bond acceptors (Lipinski definition) is 4. The zero-order valence-corrected chi connectivity index (χ0v) is 11.6. The van der Waals surface area contributed by atoms with Crippen molar-refractivity contribution in [1.29, 1.82) is 0 Å². The van der Waals surface area contributed by atoms with Gasteiger partial charge >= 0.3 is 0 Å². The molecule has 1 aromatic heterocycles. The Labute approximate surface area is 119 Å². The van der Waals surface area contributed by atoms with Crippen LogP contribution in [0.4, 0.5) is 0 Å². The van der Waals surface area contributed by atoms with E-state index in [9.17, 15) is 0 Å². The molecule has 0 aliphatic carbocycles. The predicted octanol–water partition coefficient (Wildman–Crippen LogP) is 3.16. The van der Waals surface area contributed by atoms with Crippen LogP contribution < -0.4 is 5.84 Å². The first-order chi connectivity index (χ1) is 8.58. The van der Waals surface area contributed by atoms with Crippen LogP contribution >= 0.6 is 35.0 Å². The fourth-order valence-electron chi connectivity index (χ4n) is 1.31. The van der Waals surface area contributed by atoms with Crippen molar-refractivity contribution in [2.24, 2.45) is 0 Å². The molecule has 0 radical (unpaired) electrons. The third kappa shape index (κ3) is 2.98. The zero-order chi connectivity index (χ0) is 13.1. The van der Waals surface area contributed by atoms with E-state index in [1.54, 1.807) is 12.1 Å². The van der Waals surface area contributed by atoms with Crippen molar-refractivity contribution in [3.63, 3.8) is 0 Å². The molecule has 0 bridgehead atoms. The molecule has 0 spiro atoms. The molecule has 7 heteroatoms. The highest BCUT2D eigenvalue weighted by Gasteiger charge is 2.12. The number of nitrogen functional groups attached to an aromatic ring is 1. The summed E-state index contributed by atoms with van der Waals surface area (Å²) in [6, 6.07) is 7.23. The first-order valence-electron chi connectivity index (χ1n) is 5.00. The quantitative estimate of drug-likeness (QED) is 0.696. The molecule has 0 aliphatic heterocycles. The number of aromatic nitrogens is 3. The number of rotatable bonds is 4. The van der Waals surface area contributed by atoms with E-state index in [0.717, 1.165) is 5.56 Å². The summed E-state index contributed by atoms with van der Waals surface area (Å²) in [5.74, 6) is 7.04. The number of halogens is 2. The summed E-state index contributed by atoms with van der Waals surface area (Å²) in [6.07, 6.45) is 0. The first-order valence-corrected chi connectivity index (χ1v) is 6.74. The number of nitrogens with two attached hydrogens (primary N) is 1. The fraction of sp³-hybridized carbons (Fsp3) is 0.0909. The van der Waals surface area contributed by atoms with Gasteiger partial charge in [-0.2, -0.15) is 0 Å². The Morgan fingerprint density at radius 1 is 1.33 bits per heavy atom. The molecular weight excluding hydrogens is 291 g/mol. The van der Waals surface area contributed by atoms with Gasteiger partial charge in [-0.05, 0) is 24.3 Å². The van der Waals surface area contributed by atoms with Crippen LogP contribution in [0.2, 0.25) is 5.02 Å². The third-order valence-corrected chi connectivity index (χ3v) is 3.70. The van der Waals surface area contributed by atoms with E-state index >= 15 is 0 Å². The molecule has 2 aromatic rings. The minimum Gasteiger partial charge on any atom is -0.335 e. The molecule has 0 amide bonds. The highest BCUT2D eigenvalue weighted by Crippen LogP contribution is 2.24. The van der Waals surface area contributed by atoms with E-state index in [0.29, 0.717) is 26.8 Å². The number of nitrogens with zero attached hydrogens (tertiary/aromatic N) is 3. The lowest BCUT2D eigenvalue weighted by Crippen LogP contribution is -2.11. The largest absolute Gasteiger partial charge is 0.335 e. The Bertz CT molecular complexity index is 565. The molecule has 2 rings (SSSR count). The van der Waals surface area contributed by atoms with Crippen molar-refractivity contribution in [1.82, 2.24) is 14.9 Å². The predicted molar refractivity (Wildman–Crippen MR) is 76.3 cm³/mol. The van der Waals surface area contributed by atoms with Gasteiger partial charge in [-0.25, -0.2) is 4.68 Å². The normalized spacial score (nSPS) is 10.6. The van der Waals surface area contributed by atoms with E-state index in [1.807, 2.05) is 12.1 Å². The second-order valence-corrected chi connectivity index (χ2v) is 5.40. The molecular formula is C11H10Cl2N4S. The summed E-state index contributed by atoms with van der Waals surface area (Å²) >= 11 is 12.9.